The van der Waals surface area contributed by atoms with Crippen LogP contribution in [0.15, 0.2) is 48.7 Å². The summed E-state index contributed by atoms with van der Waals surface area (Å²) in [4.78, 5) is 18.9. The fourth-order valence-corrected chi connectivity index (χ4v) is 3.02. The van der Waals surface area contributed by atoms with Crippen LogP contribution in [0, 0.1) is 21.4 Å². The van der Waals surface area contributed by atoms with Crippen molar-refractivity contribution in [3.63, 3.8) is 0 Å². The maximum atomic E-state index is 11.3. The Hall–Kier alpha value is -3.41. The summed E-state index contributed by atoms with van der Waals surface area (Å²) in [6.45, 7) is 1.04. The lowest BCUT2D eigenvalue weighted by Crippen LogP contribution is -2.15. The molecule has 0 radical (unpaired) electrons. The van der Waals surface area contributed by atoms with E-state index in [0.29, 0.717) is 35.1 Å². The molecule has 0 spiro atoms. The molecule has 0 aliphatic carbocycles. The molecule has 1 heterocycles. The highest BCUT2D eigenvalue weighted by atomic mass is 35.5. The molecule has 0 atom stereocenters. The monoisotopic (exact) mass is 428 g/mol. The van der Waals surface area contributed by atoms with Gasteiger partial charge < -0.3 is 20.7 Å². The van der Waals surface area contributed by atoms with Gasteiger partial charge in [0, 0.05) is 29.4 Å². The molecule has 0 fully saturated rings. The second-order valence-corrected chi connectivity index (χ2v) is 6.70. The molecule has 0 aliphatic heterocycles. The normalized spacial score (nSPS) is 10.2. The first kappa shape index (κ1) is 20.3. The Morgan fingerprint density at radius 1 is 1.10 bits per heavy atom. The van der Waals surface area contributed by atoms with Crippen LogP contribution >= 0.6 is 23.2 Å². The van der Waals surface area contributed by atoms with Crippen molar-refractivity contribution < 1.29 is 4.92 Å². The van der Waals surface area contributed by atoms with Crippen molar-refractivity contribution in [1.29, 1.82) is 5.26 Å². The van der Waals surface area contributed by atoms with Gasteiger partial charge in [0.25, 0.3) is 0 Å². The molecule has 29 heavy (non-hydrogen) atoms. The first-order valence-electron chi connectivity index (χ1n) is 8.42. The maximum Gasteiger partial charge on any atom is 0.390 e. The lowest BCUT2D eigenvalue weighted by atomic mass is 10.1. The van der Waals surface area contributed by atoms with Gasteiger partial charge >= 0.3 is 5.82 Å². The van der Waals surface area contributed by atoms with Crippen molar-refractivity contribution >= 4 is 40.5 Å². The topological polar surface area (TPSA) is 117 Å². The number of benzene rings is 2. The molecule has 2 aromatic carbocycles. The van der Waals surface area contributed by atoms with Crippen LogP contribution in [-0.2, 0) is 0 Å². The van der Waals surface area contributed by atoms with Gasteiger partial charge in [-0.1, -0.05) is 23.2 Å². The smallest absolute Gasteiger partial charge is 0.383 e. The van der Waals surface area contributed by atoms with E-state index < -0.39 is 10.7 Å². The molecule has 3 aromatic rings. The Balaban J connectivity index is 1.71. The predicted octanol–water partition coefficient (Wildman–Crippen LogP) is 4.75. The molecule has 8 nitrogen and oxygen atoms in total. The van der Waals surface area contributed by atoms with Crippen LogP contribution in [0.25, 0.3) is 11.3 Å². The summed E-state index contributed by atoms with van der Waals surface area (Å²) < 4.78 is 0. The quantitative estimate of drug-likeness (QED) is 0.316. The Morgan fingerprint density at radius 2 is 1.83 bits per heavy atom. The Bertz CT molecular complexity index is 1080. The zero-order valence-corrected chi connectivity index (χ0v) is 16.4. The number of nitriles is 1. The van der Waals surface area contributed by atoms with Gasteiger partial charge in [0.2, 0.25) is 0 Å². The highest BCUT2D eigenvalue weighted by molar-refractivity contribution is 6.36. The summed E-state index contributed by atoms with van der Waals surface area (Å²) in [5.41, 5.74) is 1.88. The minimum atomic E-state index is -0.608. The van der Waals surface area contributed by atoms with Gasteiger partial charge in [0.05, 0.1) is 16.7 Å². The molecule has 0 bridgehead atoms. The molecule has 10 heteroatoms. The summed E-state index contributed by atoms with van der Waals surface area (Å²) in [7, 11) is 0. The number of rotatable bonds is 7. The van der Waals surface area contributed by atoms with E-state index >= 15 is 0 Å². The number of hydrogen-bond acceptors (Lipinski definition) is 7. The van der Waals surface area contributed by atoms with Crippen LogP contribution in [0.2, 0.25) is 10.0 Å². The van der Waals surface area contributed by atoms with Crippen LogP contribution in [0.3, 0.4) is 0 Å². The molecule has 0 amide bonds. The Labute approximate surface area is 176 Å². The fourth-order valence-electron chi connectivity index (χ4n) is 2.52. The van der Waals surface area contributed by atoms with Crippen molar-refractivity contribution in [3.05, 3.63) is 74.4 Å². The largest absolute Gasteiger partial charge is 0.390 e. The van der Waals surface area contributed by atoms with Crippen LogP contribution < -0.4 is 10.6 Å². The van der Waals surface area contributed by atoms with E-state index in [1.165, 1.54) is 12.3 Å². The zero-order valence-electron chi connectivity index (χ0n) is 14.9. The lowest BCUT2D eigenvalue weighted by Gasteiger charge is -2.09. The number of aromatic nitrogens is 2. The molecular weight excluding hydrogens is 415 g/mol. The highest BCUT2D eigenvalue weighted by Gasteiger charge is 2.22. The molecular formula is C19H14Cl2N6O2. The predicted molar refractivity (Wildman–Crippen MR) is 112 cm³/mol. The van der Waals surface area contributed by atoms with Crippen molar-refractivity contribution in [2.75, 3.05) is 23.7 Å². The number of nitro groups is 1. The van der Waals surface area contributed by atoms with E-state index in [9.17, 15) is 10.1 Å². The van der Waals surface area contributed by atoms with Crippen molar-refractivity contribution in [2.24, 2.45) is 0 Å². The van der Waals surface area contributed by atoms with Crippen molar-refractivity contribution in [3.8, 4) is 17.3 Å². The second kappa shape index (κ2) is 9.19. The number of hydrogen-bond donors (Lipinski definition) is 2. The van der Waals surface area contributed by atoms with Crippen molar-refractivity contribution in [1.82, 2.24) is 9.97 Å². The van der Waals surface area contributed by atoms with Gasteiger partial charge in [0.1, 0.15) is 0 Å². The standard InChI is InChI=1S/C19H14Cl2N6O2/c20-13-3-6-15(16(21)9-13)18-19(27(28)29)25-11-17(26-18)24-8-7-23-14-4-1-12(10-22)2-5-14/h1-6,9,11,23H,7-8H2,(H,24,26). The average Bonchev–Trinajstić information content (AvgIpc) is 2.71. The van der Waals surface area contributed by atoms with Gasteiger partial charge in [-0.15, -0.1) is 0 Å². The molecule has 0 unspecified atom stereocenters. The molecule has 2 N–H and O–H groups in total. The van der Waals surface area contributed by atoms with Crippen LogP contribution in [-0.4, -0.2) is 28.0 Å². The lowest BCUT2D eigenvalue weighted by molar-refractivity contribution is -0.389. The second-order valence-electron chi connectivity index (χ2n) is 5.85. The van der Waals surface area contributed by atoms with E-state index in [4.69, 9.17) is 28.5 Å². The molecule has 0 aliphatic rings. The van der Waals surface area contributed by atoms with E-state index in [1.807, 2.05) is 12.1 Å². The first-order valence-corrected chi connectivity index (χ1v) is 9.18. The third-order valence-corrected chi connectivity index (χ3v) is 4.43. The summed E-state index contributed by atoms with van der Waals surface area (Å²) in [6.07, 6.45) is 1.30. The summed E-state index contributed by atoms with van der Waals surface area (Å²) in [5.74, 6) is -0.0197. The van der Waals surface area contributed by atoms with Gasteiger partial charge in [-0.3, -0.25) is 0 Å². The van der Waals surface area contributed by atoms with E-state index in [1.54, 1.807) is 24.3 Å². The number of nitrogens with zero attached hydrogens (tertiary/aromatic N) is 4. The van der Waals surface area contributed by atoms with E-state index in [2.05, 4.69) is 26.7 Å². The van der Waals surface area contributed by atoms with Crippen LogP contribution in [0.1, 0.15) is 5.56 Å². The minimum Gasteiger partial charge on any atom is -0.383 e. The maximum absolute atomic E-state index is 11.3. The third-order valence-electron chi connectivity index (χ3n) is 3.89. The van der Waals surface area contributed by atoms with Crippen LogP contribution in [0.4, 0.5) is 17.3 Å². The van der Waals surface area contributed by atoms with Gasteiger partial charge in [-0.2, -0.15) is 5.26 Å². The molecule has 146 valence electrons. The Morgan fingerprint density at radius 3 is 2.48 bits per heavy atom. The van der Waals surface area contributed by atoms with E-state index in [0.717, 1.165) is 5.69 Å². The SMILES string of the molecule is N#Cc1ccc(NCCNc2cnc([N+](=O)[O-])c(-c3ccc(Cl)cc3Cl)n2)cc1. The number of halogens is 2. The minimum absolute atomic E-state index is 0.0571. The van der Waals surface area contributed by atoms with Gasteiger partial charge in [-0.25, -0.2) is 4.98 Å². The first-order chi connectivity index (χ1) is 14.0. The highest BCUT2D eigenvalue weighted by Crippen LogP contribution is 2.34. The third kappa shape index (κ3) is 5.10. The van der Waals surface area contributed by atoms with Crippen molar-refractivity contribution in [2.45, 2.75) is 0 Å². The fraction of sp³-hybridized carbons (Fsp3) is 0.105. The summed E-state index contributed by atoms with van der Waals surface area (Å²) in [6, 6.07) is 13.8. The number of nitrogens with one attached hydrogen (secondary N) is 2. The number of anilines is 2. The van der Waals surface area contributed by atoms with Crippen LogP contribution in [0.5, 0.6) is 0 Å². The Kier molecular flexibility index (Phi) is 6.44. The molecule has 3 rings (SSSR count). The molecule has 0 saturated carbocycles. The average molecular weight is 429 g/mol. The van der Waals surface area contributed by atoms with E-state index in [-0.39, 0.29) is 10.7 Å². The molecule has 1 aromatic heterocycles. The van der Waals surface area contributed by atoms with Gasteiger partial charge in [0.15, 0.2) is 17.7 Å². The zero-order chi connectivity index (χ0) is 20.8. The van der Waals surface area contributed by atoms with Gasteiger partial charge in [-0.05, 0) is 52.4 Å². The molecule has 0 saturated heterocycles. The summed E-state index contributed by atoms with van der Waals surface area (Å²) >= 11 is 12.1. The summed E-state index contributed by atoms with van der Waals surface area (Å²) in [5, 5.41) is 27.1.